The van der Waals surface area contributed by atoms with E-state index in [9.17, 15) is 0 Å². The quantitative estimate of drug-likeness (QED) is 0.528. The molecule has 8 heteroatoms. The van der Waals surface area contributed by atoms with Crippen LogP contribution in [0.2, 0.25) is 0 Å². The van der Waals surface area contributed by atoms with Crippen molar-refractivity contribution >= 4 is 5.82 Å². The largest absolute Gasteiger partial charge is 0.493 e. The van der Waals surface area contributed by atoms with Crippen LogP contribution in [0.3, 0.4) is 0 Å². The van der Waals surface area contributed by atoms with Gasteiger partial charge in [0.1, 0.15) is 5.69 Å². The highest BCUT2D eigenvalue weighted by Crippen LogP contribution is 2.34. The third kappa shape index (κ3) is 2.69. The van der Waals surface area contributed by atoms with E-state index >= 15 is 0 Å². The predicted molar refractivity (Wildman–Crippen MR) is 93.6 cm³/mol. The van der Waals surface area contributed by atoms with Crippen molar-refractivity contribution in [2.24, 2.45) is 0 Å². The summed E-state index contributed by atoms with van der Waals surface area (Å²) >= 11 is 0. The second kappa shape index (κ2) is 6.08. The lowest BCUT2D eigenvalue weighted by molar-refractivity contribution is 0.415. The Bertz CT molecular complexity index is 993. The first-order chi connectivity index (χ1) is 12.3. The molecule has 0 saturated carbocycles. The van der Waals surface area contributed by atoms with Crippen LogP contribution < -0.4 is 10.5 Å². The summed E-state index contributed by atoms with van der Waals surface area (Å²) in [7, 11) is 1.56. The minimum absolute atomic E-state index is 0.334. The summed E-state index contributed by atoms with van der Waals surface area (Å²) in [5.41, 5.74) is 9.95. The maximum atomic E-state index is 5.82. The van der Waals surface area contributed by atoms with Gasteiger partial charge in [-0.1, -0.05) is 0 Å². The average Bonchev–Trinajstić information content (AvgIpc) is 3.32. The monoisotopic (exact) mass is 333 g/mol. The number of hydrogen-bond donors (Lipinski definition) is 3. The fourth-order valence-corrected chi connectivity index (χ4v) is 2.57. The van der Waals surface area contributed by atoms with Gasteiger partial charge in [0.15, 0.2) is 17.4 Å². The molecule has 0 aromatic carbocycles. The molecule has 8 nitrogen and oxygen atoms in total. The summed E-state index contributed by atoms with van der Waals surface area (Å²) in [6.07, 6.45) is 6.82. The molecular weight excluding hydrogens is 318 g/mol. The minimum Gasteiger partial charge on any atom is -0.493 e. The molecule has 0 aliphatic heterocycles. The number of nitrogens with zero attached hydrogens (tertiary/aromatic N) is 4. The molecule has 4 aromatic heterocycles. The van der Waals surface area contributed by atoms with Crippen LogP contribution in [0.4, 0.5) is 5.82 Å². The first kappa shape index (κ1) is 14.9. The fourth-order valence-electron chi connectivity index (χ4n) is 2.57. The van der Waals surface area contributed by atoms with Crippen LogP contribution in [0.1, 0.15) is 0 Å². The zero-order valence-corrected chi connectivity index (χ0v) is 13.4. The predicted octanol–water partition coefficient (Wildman–Crippen LogP) is 2.51. The van der Waals surface area contributed by atoms with Gasteiger partial charge < -0.3 is 15.5 Å². The van der Waals surface area contributed by atoms with Crippen LogP contribution in [0.25, 0.3) is 34.0 Å². The SMILES string of the molecule is COc1cc(-c2nc(-c3ccn[nH]3)[nH]c2-c2ccncc2)cnc1N. The maximum Gasteiger partial charge on any atom is 0.166 e. The molecule has 25 heavy (non-hydrogen) atoms. The van der Waals surface area contributed by atoms with Crippen molar-refractivity contribution in [3.63, 3.8) is 0 Å². The normalized spacial score (nSPS) is 10.8. The first-order valence-corrected chi connectivity index (χ1v) is 7.56. The minimum atomic E-state index is 0.334. The van der Waals surface area contributed by atoms with Crippen molar-refractivity contribution in [3.8, 4) is 39.8 Å². The number of anilines is 1. The molecule has 4 heterocycles. The Morgan fingerprint density at radius 1 is 1.08 bits per heavy atom. The molecule has 0 aliphatic carbocycles. The number of nitrogens with two attached hydrogens (primary N) is 1. The number of imidazole rings is 1. The highest BCUT2D eigenvalue weighted by Gasteiger charge is 2.17. The van der Waals surface area contributed by atoms with Crippen molar-refractivity contribution in [1.29, 1.82) is 0 Å². The first-order valence-electron chi connectivity index (χ1n) is 7.56. The number of nitrogen functional groups attached to an aromatic ring is 1. The topological polar surface area (TPSA) is 118 Å². The van der Waals surface area contributed by atoms with Gasteiger partial charge in [0.2, 0.25) is 0 Å². The third-order valence-electron chi connectivity index (χ3n) is 3.80. The molecule has 0 unspecified atom stereocenters. The van der Waals surface area contributed by atoms with Gasteiger partial charge in [-0.3, -0.25) is 10.1 Å². The van der Waals surface area contributed by atoms with Gasteiger partial charge >= 0.3 is 0 Å². The van der Waals surface area contributed by atoms with E-state index in [1.54, 1.807) is 31.9 Å². The molecule has 124 valence electrons. The van der Waals surface area contributed by atoms with Gasteiger partial charge in [-0.2, -0.15) is 5.10 Å². The zero-order chi connectivity index (χ0) is 17.2. The number of methoxy groups -OCH3 is 1. The van der Waals surface area contributed by atoms with Crippen molar-refractivity contribution in [3.05, 3.63) is 49.1 Å². The van der Waals surface area contributed by atoms with E-state index in [0.717, 1.165) is 28.2 Å². The second-order valence-corrected chi connectivity index (χ2v) is 5.33. The Balaban J connectivity index is 1.91. The lowest BCUT2D eigenvalue weighted by atomic mass is 10.1. The van der Waals surface area contributed by atoms with Gasteiger partial charge in [0.25, 0.3) is 0 Å². The van der Waals surface area contributed by atoms with Gasteiger partial charge in [0.05, 0.1) is 18.5 Å². The number of ether oxygens (including phenoxy) is 1. The maximum absolute atomic E-state index is 5.82. The van der Waals surface area contributed by atoms with Crippen molar-refractivity contribution in [2.45, 2.75) is 0 Å². The third-order valence-corrected chi connectivity index (χ3v) is 3.80. The van der Waals surface area contributed by atoms with E-state index < -0.39 is 0 Å². The van der Waals surface area contributed by atoms with Gasteiger partial charge in [0, 0.05) is 35.9 Å². The summed E-state index contributed by atoms with van der Waals surface area (Å²) < 4.78 is 5.28. The Kier molecular flexibility index (Phi) is 3.62. The van der Waals surface area contributed by atoms with E-state index in [4.69, 9.17) is 15.5 Å². The number of nitrogens with one attached hydrogen (secondary N) is 2. The fraction of sp³-hybridized carbons (Fsp3) is 0.0588. The smallest absolute Gasteiger partial charge is 0.166 e. The van der Waals surface area contributed by atoms with Crippen LogP contribution >= 0.6 is 0 Å². The van der Waals surface area contributed by atoms with Crippen LogP contribution in [-0.4, -0.2) is 37.2 Å². The highest BCUT2D eigenvalue weighted by atomic mass is 16.5. The molecule has 0 atom stereocenters. The number of aromatic amines is 2. The average molecular weight is 333 g/mol. The lowest BCUT2D eigenvalue weighted by Crippen LogP contribution is -1.96. The second-order valence-electron chi connectivity index (χ2n) is 5.33. The Morgan fingerprint density at radius 2 is 1.92 bits per heavy atom. The van der Waals surface area contributed by atoms with Crippen LogP contribution in [-0.2, 0) is 0 Å². The number of hydrogen-bond acceptors (Lipinski definition) is 6. The molecule has 4 rings (SSSR count). The molecule has 4 aromatic rings. The Hall–Kier alpha value is -3.68. The summed E-state index contributed by atoms with van der Waals surface area (Å²) in [5.74, 6) is 1.51. The Morgan fingerprint density at radius 3 is 2.64 bits per heavy atom. The number of pyridine rings is 2. The number of aromatic nitrogens is 6. The van der Waals surface area contributed by atoms with E-state index in [-0.39, 0.29) is 0 Å². The van der Waals surface area contributed by atoms with Crippen molar-refractivity contribution in [1.82, 2.24) is 30.1 Å². The molecule has 0 saturated heterocycles. The van der Waals surface area contributed by atoms with E-state index in [0.29, 0.717) is 17.4 Å². The summed E-state index contributed by atoms with van der Waals surface area (Å²) in [5, 5.41) is 6.89. The van der Waals surface area contributed by atoms with Crippen LogP contribution in [0.15, 0.2) is 49.1 Å². The molecule has 0 amide bonds. The molecule has 0 aliphatic rings. The van der Waals surface area contributed by atoms with Crippen molar-refractivity contribution in [2.75, 3.05) is 12.8 Å². The molecular formula is C17H15N7O. The summed E-state index contributed by atoms with van der Waals surface area (Å²) in [6.45, 7) is 0. The van der Waals surface area contributed by atoms with E-state index in [1.165, 1.54) is 0 Å². The van der Waals surface area contributed by atoms with Crippen LogP contribution in [0.5, 0.6) is 5.75 Å². The van der Waals surface area contributed by atoms with Gasteiger partial charge in [-0.25, -0.2) is 9.97 Å². The highest BCUT2D eigenvalue weighted by molar-refractivity contribution is 5.81. The molecule has 0 spiro atoms. The van der Waals surface area contributed by atoms with Crippen LogP contribution in [0, 0.1) is 0 Å². The molecule has 0 bridgehead atoms. The zero-order valence-electron chi connectivity index (χ0n) is 13.4. The Labute approximate surface area is 143 Å². The summed E-state index contributed by atoms with van der Waals surface area (Å²) in [6, 6.07) is 7.49. The molecule has 0 fully saturated rings. The van der Waals surface area contributed by atoms with Gasteiger partial charge in [-0.15, -0.1) is 0 Å². The number of H-pyrrole nitrogens is 2. The summed E-state index contributed by atoms with van der Waals surface area (Å²) in [4.78, 5) is 16.3. The molecule has 4 N–H and O–H groups in total. The standard InChI is InChI=1S/C17H15N7O/c1-25-13-8-11(9-20-16(13)18)15-14(10-2-5-19-6-3-10)22-17(23-15)12-4-7-21-24-12/h2-9H,1H3,(H2,18,20)(H,21,24)(H,22,23). The van der Waals surface area contributed by atoms with E-state index in [1.807, 2.05) is 24.3 Å². The van der Waals surface area contributed by atoms with E-state index in [2.05, 4.69) is 25.1 Å². The molecule has 0 radical (unpaired) electrons. The lowest BCUT2D eigenvalue weighted by Gasteiger charge is -2.07. The van der Waals surface area contributed by atoms with Crippen molar-refractivity contribution < 1.29 is 4.74 Å². The van der Waals surface area contributed by atoms with Gasteiger partial charge in [-0.05, 0) is 24.3 Å². The number of rotatable bonds is 4.